The minimum Gasteiger partial charge on any atom is -0.508 e. The standard InChI is InChI=1S/C30H35NO4/c32-25-9-5-22(6-10-25)23-7-15-28-24(21-23)8-16-29(33)30(28)35-27-13-11-26(12-14-27)34-20-19-31-17-3-1-2-4-18-31/h5-6,8-14,16,23,32-33H,1-4,7,15,17-21H2. The van der Waals surface area contributed by atoms with Gasteiger partial charge in [0.05, 0.1) is 0 Å². The van der Waals surface area contributed by atoms with Gasteiger partial charge in [-0.15, -0.1) is 0 Å². The molecule has 1 unspecified atom stereocenters. The zero-order chi connectivity index (χ0) is 24.0. The topological polar surface area (TPSA) is 62.2 Å². The van der Waals surface area contributed by atoms with Gasteiger partial charge in [-0.2, -0.15) is 0 Å². The van der Waals surface area contributed by atoms with Gasteiger partial charge in [-0.05, 0) is 105 Å². The van der Waals surface area contributed by atoms with E-state index in [2.05, 4.69) is 4.90 Å². The summed E-state index contributed by atoms with van der Waals surface area (Å²) >= 11 is 0. The molecule has 3 aromatic rings. The quantitative estimate of drug-likeness (QED) is 0.415. The number of aromatic hydroxyl groups is 2. The first-order valence-corrected chi connectivity index (χ1v) is 12.9. The molecule has 0 spiro atoms. The molecular formula is C30H35NO4. The van der Waals surface area contributed by atoms with E-state index in [1.165, 1.54) is 49.9 Å². The number of rotatable bonds is 7. The molecule has 0 amide bonds. The largest absolute Gasteiger partial charge is 0.508 e. The van der Waals surface area contributed by atoms with Gasteiger partial charge >= 0.3 is 0 Å². The highest BCUT2D eigenvalue weighted by Crippen LogP contribution is 2.43. The minimum atomic E-state index is 0.171. The molecule has 35 heavy (non-hydrogen) atoms. The number of hydrogen-bond donors (Lipinski definition) is 2. The van der Waals surface area contributed by atoms with Crippen molar-refractivity contribution in [2.24, 2.45) is 0 Å². The summed E-state index contributed by atoms with van der Waals surface area (Å²) in [6.45, 7) is 4.01. The Balaban J connectivity index is 1.21. The minimum absolute atomic E-state index is 0.171. The monoisotopic (exact) mass is 473 g/mol. The number of ether oxygens (including phenoxy) is 2. The Hall–Kier alpha value is -3.18. The Morgan fingerprint density at radius 1 is 0.800 bits per heavy atom. The Kier molecular flexibility index (Phi) is 7.43. The third-order valence-corrected chi connectivity index (χ3v) is 7.33. The predicted octanol–water partition coefficient (Wildman–Crippen LogP) is 6.42. The van der Waals surface area contributed by atoms with Gasteiger partial charge in [-0.25, -0.2) is 0 Å². The number of phenolic OH excluding ortho intramolecular Hbond substituents is 2. The maximum absolute atomic E-state index is 10.6. The van der Waals surface area contributed by atoms with Crippen LogP contribution in [0.25, 0.3) is 0 Å². The van der Waals surface area contributed by atoms with Crippen LogP contribution in [0.4, 0.5) is 0 Å². The van der Waals surface area contributed by atoms with E-state index < -0.39 is 0 Å². The van der Waals surface area contributed by atoms with E-state index in [1.54, 1.807) is 18.2 Å². The van der Waals surface area contributed by atoms with Gasteiger partial charge in [0.1, 0.15) is 23.9 Å². The van der Waals surface area contributed by atoms with E-state index in [1.807, 2.05) is 42.5 Å². The van der Waals surface area contributed by atoms with Gasteiger partial charge < -0.3 is 19.7 Å². The third-order valence-electron chi connectivity index (χ3n) is 7.33. The van der Waals surface area contributed by atoms with E-state index in [4.69, 9.17) is 9.47 Å². The van der Waals surface area contributed by atoms with Crippen LogP contribution in [0.2, 0.25) is 0 Å². The first kappa shape index (κ1) is 23.6. The molecule has 1 atom stereocenters. The molecule has 2 aliphatic rings. The zero-order valence-electron chi connectivity index (χ0n) is 20.3. The zero-order valence-corrected chi connectivity index (χ0v) is 20.3. The van der Waals surface area contributed by atoms with Crippen LogP contribution in [-0.4, -0.2) is 41.4 Å². The fourth-order valence-corrected chi connectivity index (χ4v) is 5.33. The molecule has 2 N–H and O–H groups in total. The lowest BCUT2D eigenvalue weighted by atomic mass is 9.80. The summed E-state index contributed by atoms with van der Waals surface area (Å²) in [5, 5.41) is 20.2. The van der Waals surface area contributed by atoms with Crippen LogP contribution >= 0.6 is 0 Å². The molecule has 5 nitrogen and oxygen atoms in total. The smallest absolute Gasteiger partial charge is 0.172 e. The van der Waals surface area contributed by atoms with Crippen molar-refractivity contribution >= 4 is 0 Å². The Labute approximate surface area is 207 Å². The van der Waals surface area contributed by atoms with E-state index in [0.717, 1.165) is 37.1 Å². The number of phenols is 2. The molecule has 0 saturated carbocycles. The maximum Gasteiger partial charge on any atom is 0.172 e. The fourth-order valence-electron chi connectivity index (χ4n) is 5.33. The van der Waals surface area contributed by atoms with Gasteiger partial charge in [-0.3, -0.25) is 4.90 Å². The van der Waals surface area contributed by atoms with Crippen molar-refractivity contribution < 1.29 is 19.7 Å². The third kappa shape index (κ3) is 5.91. The highest BCUT2D eigenvalue weighted by atomic mass is 16.5. The molecule has 0 radical (unpaired) electrons. The van der Waals surface area contributed by atoms with E-state index in [-0.39, 0.29) is 5.75 Å². The van der Waals surface area contributed by atoms with Gasteiger partial charge in [0.2, 0.25) is 0 Å². The Bertz CT molecular complexity index is 1100. The van der Waals surface area contributed by atoms with Gasteiger partial charge in [0.15, 0.2) is 11.5 Å². The second-order valence-corrected chi connectivity index (χ2v) is 9.76. The second-order valence-electron chi connectivity index (χ2n) is 9.76. The molecule has 0 aromatic heterocycles. The molecule has 1 aliphatic carbocycles. The van der Waals surface area contributed by atoms with Gasteiger partial charge in [0.25, 0.3) is 0 Å². The van der Waals surface area contributed by atoms with E-state index >= 15 is 0 Å². The van der Waals surface area contributed by atoms with Gasteiger partial charge in [-0.1, -0.05) is 31.0 Å². The van der Waals surface area contributed by atoms with Crippen LogP contribution in [0.15, 0.2) is 60.7 Å². The molecule has 1 fully saturated rings. The normalized spacial score (nSPS) is 18.5. The first-order chi connectivity index (χ1) is 17.2. The lowest BCUT2D eigenvalue weighted by Crippen LogP contribution is -2.29. The molecule has 1 heterocycles. The average Bonchev–Trinajstić information content (AvgIpc) is 3.16. The second kappa shape index (κ2) is 11.0. The van der Waals surface area contributed by atoms with Crippen LogP contribution in [0.1, 0.15) is 54.7 Å². The van der Waals surface area contributed by atoms with Crippen LogP contribution in [0, 0.1) is 0 Å². The molecule has 0 bridgehead atoms. The molecule has 3 aromatic carbocycles. The summed E-state index contributed by atoms with van der Waals surface area (Å²) in [6, 6.07) is 18.9. The fraction of sp³-hybridized carbons (Fsp3) is 0.400. The molecule has 5 rings (SSSR count). The summed E-state index contributed by atoms with van der Waals surface area (Å²) in [5.74, 6) is 2.94. The van der Waals surface area contributed by atoms with Crippen molar-refractivity contribution in [2.75, 3.05) is 26.2 Å². The summed E-state index contributed by atoms with van der Waals surface area (Å²) in [6.07, 6.45) is 7.97. The summed E-state index contributed by atoms with van der Waals surface area (Å²) < 4.78 is 12.2. The van der Waals surface area contributed by atoms with Crippen molar-refractivity contribution in [3.8, 4) is 28.7 Å². The number of hydrogen-bond acceptors (Lipinski definition) is 5. The highest BCUT2D eigenvalue weighted by molar-refractivity contribution is 5.54. The van der Waals surface area contributed by atoms with Crippen LogP contribution in [-0.2, 0) is 12.8 Å². The van der Waals surface area contributed by atoms with Crippen molar-refractivity contribution in [1.82, 2.24) is 4.90 Å². The van der Waals surface area contributed by atoms with Crippen molar-refractivity contribution in [3.05, 3.63) is 77.4 Å². The van der Waals surface area contributed by atoms with E-state index in [0.29, 0.717) is 29.8 Å². The number of benzene rings is 3. The number of nitrogens with zero attached hydrogens (tertiary/aromatic N) is 1. The molecule has 184 valence electrons. The van der Waals surface area contributed by atoms with Crippen molar-refractivity contribution in [2.45, 2.75) is 50.9 Å². The van der Waals surface area contributed by atoms with Crippen LogP contribution < -0.4 is 9.47 Å². The average molecular weight is 474 g/mol. The van der Waals surface area contributed by atoms with Crippen molar-refractivity contribution in [1.29, 1.82) is 0 Å². The lowest BCUT2D eigenvalue weighted by Gasteiger charge is -2.27. The maximum atomic E-state index is 10.6. The molecule has 5 heteroatoms. The van der Waals surface area contributed by atoms with E-state index in [9.17, 15) is 10.2 Å². The Morgan fingerprint density at radius 2 is 1.51 bits per heavy atom. The van der Waals surface area contributed by atoms with Crippen molar-refractivity contribution in [3.63, 3.8) is 0 Å². The van der Waals surface area contributed by atoms with Crippen LogP contribution in [0.5, 0.6) is 28.7 Å². The van der Waals surface area contributed by atoms with Gasteiger partial charge in [0, 0.05) is 12.1 Å². The lowest BCUT2D eigenvalue weighted by molar-refractivity contribution is 0.214. The molecule has 1 aliphatic heterocycles. The van der Waals surface area contributed by atoms with Crippen LogP contribution in [0.3, 0.4) is 0 Å². The Morgan fingerprint density at radius 3 is 2.26 bits per heavy atom. The SMILES string of the molecule is Oc1ccc(C2CCc3c(ccc(O)c3Oc3ccc(OCCN4CCCCCC4)cc3)C2)cc1. The predicted molar refractivity (Wildman–Crippen MR) is 138 cm³/mol. The summed E-state index contributed by atoms with van der Waals surface area (Å²) in [4.78, 5) is 2.50. The first-order valence-electron chi connectivity index (χ1n) is 12.9. The number of likely N-dealkylation sites (tertiary alicyclic amines) is 1. The molecule has 1 saturated heterocycles. The summed E-state index contributed by atoms with van der Waals surface area (Å²) in [7, 11) is 0. The highest BCUT2D eigenvalue weighted by Gasteiger charge is 2.25. The number of fused-ring (bicyclic) bond motifs is 1. The summed E-state index contributed by atoms with van der Waals surface area (Å²) in [5.41, 5.74) is 3.52. The molecular weight excluding hydrogens is 438 g/mol.